The van der Waals surface area contributed by atoms with Gasteiger partial charge >= 0.3 is 6.18 Å². The van der Waals surface area contributed by atoms with E-state index < -0.39 is 11.7 Å². The van der Waals surface area contributed by atoms with Gasteiger partial charge in [0.2, 0.25) is 5.91 Å². The van der Waals surface area contributed by atoms with Crippen LogP contribution in [0, 0.1) is 12.8 Å². The highest BCUT2D eigenvalue weighted by atomic mass is 35.5. The Kier molecular flexibility index (Phi) is 6.15. The second kappa shape index (κ2) is 8.69. The molecule has 2 fully saturated rings. The number of hydrogen-bond acceptors (Lipinski definition) is 3. The number of rotatable bonds is 3. The van der Waals surface area contributed by atoms with Crippen molar-refractivity contribution in [2.75, 3.05) is 24.5 Å². The molecule has 8 heteroatoms. The Labute approximate surface area is 185 Å². The largest absolute Gasteiger partial charge is 0.417 e. The van der Waals surface area contributed by atoms with E-state index in [9.17, 15) is 18.0 Å². The van der Waals surface area contributed by atoms with Crippen LogP contribution in [0.2, 0.25) is 5.02 Å². The first kappa shape index (κ1) is 21.9. The number of halogens is 4. The van der Waals surface area contributed by atoms with Gasteiger partial charge in [0.25, 0.3) is 0 Å². The van der Waals surface area contributed by atoms with E-state index >= 15 is 0 Å². The van der Waals surface area contributed by atoms with Crippen LogP contribution in [0.4, 0.5) is 19.0 Å². The van der Waals surface area contributed by atoms with Crippen molar-refractivity contribution in [3.8, 4) is 0 Å². The molecule has 0 spiro atoms. The van der Waals surface area contributed by atoms with Gasteiger partial charge in [-0.2, -0.15) is 13.2 Å². The lowest BCUT2D eigenvalue weighted by molar-refractivity contribution is -0.138. The molecule has 2 saturated heterocycles. The zero-order valence-electron chi connectivity index (χ0n) is 17.3. The molecule has 1 aromatic carbocycles. The molecule has 4 nitrogen and oxygen atoms in total. The number of benzene rings is 1. The van der Waals surface area contributed by atoms with E-state index in [0.29, 0.717) is 31.7 Å². The van der Waals surface area contributed by atoms with Crippen LogP contribution >= 0.6 is 11.6 Å². The summed E-state index contributed by atoms with van der Waals surface area (Å²) in [5.74, 6) is 0.435. The summed E-state index contributed by atoms with van der Waals surface area (Å²) in [5.41, 5.74) is 1.51. The average molecular weight is 452 g/mol. The average Bonchev–Trinajstić information content (AvgIpc) is 3.23. The second-order valence-electron chi connectivity index (χ2n) is 8.39. The SMILES string of the molecule is Cc1cccc(C2CCCN2C(=O)C2CCN(c3ncc(C(F)(F)F)cc3Cl)CC2)c1. The van der Waals surface area contributed by atoms with Crippen LogP contribution < -0.4 is 4.90 Å². The Bertz CT molecular complexity index is 957. The monoisotopic (exact) mass is 451 g/mol. The Hall–Kier alpha value is -2.28. The zero-order valence-corrected chi connectivity index (χ0v) is 18.1. The van der Waals surface area contributed by atoms with Crippen molar-refractivity contribution >= 4 is 23.3 Å². The highest BCUT2D eigenvalue weighted by Gasteiger charge is 2.36. The summed E-state index contributed by atoms with van der Waals surface area (Å²) in [6.07, 6.45) is -0.426. The molecule has 1 unspecified atom stereocenters. The normalized spacial score (nSPS) is 20.4. The smallest absolute Gasteiger partial charge is 0.355 e. The predicted molar refractivity (Wildman–Crippen MR) is 114 cm³/mol. The maximum atomic E-state index is 13.3. The lowest BCUT2D eigenvalue weighted by Crippen LogP contribution is -2.42. The quantitative estimate of drug-likeness (QED) is 0.605. The van der Waals surface area contributed by atoms with Crippen LogP contribution in [-0.4, -0.2) is 35.4 Å². The van der Waals surface area contributed by atoms with Crippen molar-refractivity contribution in [3.63, 3.8) is 0 Å². The minimum absolute atomic E-state index is 0.0151. The number of alkyl halides is 3. The maximum Gasteiger partial charge on any atom is 0.417 e. The number of piperidine rings is 1. The number of amides is 1. The second-order valence-corrected chi connectivity index (χ2v) is 8.80. The number of carbonyl (C=O) groups is 1. The molecule has 2 aliphatic heterocycles. The fraction of sp³-hybridized carbons (Fsp3) is 0.478. The lowest BCUT2D eigenvalue weighted by Gasteiger charge is -2.36. The molecule has 1 amide bonds. The summed E-state index contributed by atoms with van der Waals surface area (Å²) >= 11 is 6.09. The molecule has 0 saturated carbocycles. The van der Waals surface area contributed by atoms with Crippen LogP contribution in [0.3, 0.4) is 0 Å². The van der Waals surface area contributed by atoms with Crippen LogP contribution in [0.5, 0.6) is 0 Å². The van der Waals surface area contributed by atoms with Crippen molar-refractivity contribution < 1.29 is 18.0 Å². The molecule has 2 aromatic rings. The molecule has 4 rings (SSSR count). The summed E-state index contributed by atoms with van der Waals surface area (Å²) in [4.78, 5) is 21.1. The van der Waals surface area contributed by atoms with Crippen molar-refractivity contribution in [3.05, 3.63) is 58.2 Å². The van der Waals surface area contributed by atoms with E-state index in [1.807, 2.05) is 15.9 Å². The molecule has 1 atom stereocenters. The first-order valence-electron chi connectivity index (χ1n) is 10.6. The molecule has 0 bridgehead atoms. The third kappa shape index (κ3) is 4.66. The Morgan fingerprint density at radius 3 is 2.52 bits per heavy atom. The van der Waals surface area contributed by atoms with Gasteiger partial charge in [-0.1, -0.05) is 41.4 Å². The van der Waals surface area contributed by atoms with Gasteiger partial charge in [0.15, 0.2) is 0 Å². The summed E-state index contributed by atoms with van der Waals surface area (Å²) in [6.45, 7) is 3.90. The van der Waals surface area contributed by atoms with Crippen LogP contribution in [0.15, 0.2) is 36.5 Å². The number of aryl methyl sites for hydroxylation is 1. The number of pyridine rings is 1. The van der Waals surface area contributed by atoms with Gasteiger partial charge in [-0.25, -0.2) is 4.98 Å². The maximum absolute atomic E-state index is 13.3. The molecule has 0 aliphatic carbocycles. The van der Waals surface area contributed by atoms with Gasteiger partial charge in [-0.3, -0.25) is 4.79 Å². The minimum Gasteiger partial charge on any atom is -0.355 e. The molecule has 166 valence electrons. The van der Waals surface area contributed by atoms with E-state index in [0.717, 1.165) is 31.6 Å². The summed E-state index contributed by atoms with van der Waals surface area (Å²) < 4.78 is 38.6. The van der Waals surface area contributed by atoms with Crippen molar-refractivity contribution in [1.82, 2.24) is 9.88 Å². The van der Waals surface area contributed by atoms with Gasteiger partial charge in [-0.15, -0.1) is 0 Å². The van der Waals surface area contributed by atoms with Crippen LogP contribution in [-0.2, 0) is 11.0 Å². The Morgan fingerprint density at radius 1 is 1.13 bits per heavy atom. The summed E-state index contributed by atoms with van der Waals surface area (Å²) in [5, 5.41) is -0.0151. The number of nitrogens with zero attached hydrogens (tertiary/aromatic N) is 3. The van der Waals surface area contributed by atoms with Gasteiger partial charge < -0.3 is 9.80 Å². The highest BCUT2D eigenvalue weighted by Crippen LogP contribution is 2.37. The van der Waals surface area contributed by atoms with E-state index in [4.69, 9.17) is 11.6 Å². The Balaban J connectivity index is 1.41. The topological polar surface area (TPSA) is 36.4 Å². The third-order valence-electron chi connectivity index (χ3n) is 6.26. The van der Waals surface area contributed by atoms with E-state index in [2.05, 4.69) is 30.1 Å². The molecule has 1 aromatic heterocycles. The van der Waals surface area contributed by atoms with Crippen molar-refractivity contribution in [1.29, 1.82) is 0 Å². The molecule has 31 heavy (non-hydrogen) atoms. The van der Waals surface area contributed by atoms with Gasteiger partial charge in [0.05, 0.1) is 16.6 Å². The minimum atomic E-state index is -4.47. The van der Waals surface area contributed by atoms with E-state index in [1.165, 1.54) is 11.1 Å². The van der Waals surface area contributed by atoms with Crippen LogP contribution in [0.1, 0.15) is 48.4 Å². The number of hydrogen-bond donors (Lipinski definition) is 0. The van der Waals surface area contributed by atoms with Crippen molar-refractivity contribution in [2.45, 2.75) is 44.8 Å². The first-order valence-corrected chi connectivity index (χ1v) is 11.0. The fourth-order valence-corrected chi connectivity index (χ4v) is 4.93. The number of likely N-dealkylation sites (tertiary alicyclic amines) is 1. The third-order valence-corrected chi connectivity index (χ3v) is 6.53. The summed E-state index contributed by atoms with van der Waals surface area (Å²) in [6, 6.07) is 9.36. The molecule has 2 aliphatic rings. The molecular formula is C23H25ClF3N3O. The van der Waals surface area contributed by atoms with Gasteiger partial charge in [0.1, 0.15) is 5.82 Å². The molecular weight excluding hydrogens is 427 g/mol. The van der Waals surface area contributed by atoms with Crippen LogP contribution in [0.25, 0.3) is 0 Å². The first-order chi connectivity index (χ1) is 14.7. The molecule has 3 heterocycles. The number of aromatic nitrogens is 1. The number of carbonyl (C=O) groups excluding carboxylic acids is 1. The van der Waals surface area contributed by atoms with Gasteiger partial charge in [-0.05, 0) is 44.2 Å². The standard InChI is InChI=1S/C23H25ClF3N3O/c1-15-4-2-5-17(12-15)20-6-3-9-30(20)22(31)16-7-10-29(11-8-16)21-19(24)13-18(14-28-21)23(25,26)27/h2,4-5,12-14,16,20H,3,6-11H2,1H3. The highest BCUT2D eigenvalue weighted by molar-refractivity contribution is 6.33. The van der Waals surface area contributed by atoms with E-state index in [-0.39, 0.29) is 22.9 Å². The lowest BCUT2D eigenvalue weighted by atomic mass is 9.94. The van der Waals surface area contributed by atoms with E-state index in [1.54, 1.807) is 0 Å². The predicted octanol–water partition coefficient (Wildman–Crippen LogP) is 5.64. The zero-order chi connectivity index (χ0) is 22.2. The molecule has 0 N–H and O–H groups in total. The Morgan fingerprint density at radius 2 is 1.87 bits per heavy atom. The summed E-state index contributed by atoms with van der Waals surface area (Å²) in [7, 11) is 0. The fourth-order valence-electron chi connectivity index (χ4n) is 4.65. The van der Waals surface area contributed by atoms with Gasteiger partial charge in [0, 0.05) is 31.7 Å². The molecule has 0 radical (unpaired) electrons. The number of anilines is 1. The van der Waals surface area contributed by atoms with Crippen molar-refractivity contribution in [2.24, 2.45) is 5.92 Å².